The Bertz CT molecular complexity index is 1040. The highest BCUT2D eigenvalue weighted by Gasteiger charge is 2.31. The average Bonchev–Trinajstić information content (AvgIpc) is 2.99. The summed E-state index contributed by atoms with van der Waals surface area (Å²) >= 11 is 0. The van der Waals surface area contributed by atoms with Crippen molar-refractivity contribution in [3.05, 3.63) is 65.9 Å². The molecule has 0 aliphatic carbocycles. The lowest BCUT2D eigenvalue weighted by molar-refractivity contribution is -0.137. The number of pyridine rings is 1. The lowest BCUT2D eigenvalue weighted by Crippen LogP contribution is -2.18. The van der Waals surface area contributed by atoms with Gasteiger partial charge in [-0.1, -0.05) is 39.5 Å². The highest BCUT2D eigenvalue weighted by atomic mass is 19.4. The number of nitrogens with one attached hydrogen (secondary N) is 1. The van der Waals surface area contributed by atoms with E-state index < -0.39 is 11.7 Å². The molecule has 0 aliphatic rings. The first-order valence-electron chi connectivity index (χ1n) is 10.00. The first-order chi connectivity index (χ1) is 14.8. The molecule has 0 spiro atoms. The van der Waals surface area contributed by atoms with Crippen LogP contribution in [0.25, 0.3) is 11.5 Å². The lowest BCUT2D eigenvalue weighted by Gasteiger charge is -2.21. The summed E-state index contributed by atoms with van der Waals surface area (Å²) in [6, 6.07) is 1.87. The van der Waals surface area contributed by atoms with Gasteiger partial charge in [0.1, 0.15) is 5.69 Å². The van der Waals surface area contributed by atoms with Crippen LogP contribution in [0.4, 0.5) is 13.2 Å². The van der Waals surface area contributed by atoms with Gasteiger partial charge in [-0.25, -0.2) is 0 Å². The van der Waals surface area contributed by atoms with Gasteiger partial charge in [0.2, 0.25) is 0 Å². The van der Waals surface area contributed by atoms with Crippen LogP contribution in [0.3, 0.4) is 0 Å². The summed E-state index contributed by atoms with van der Waals surface area (Å²) in [4.78, 5) is 8.41. The van der Waals surface area contributed by atoms with E-state index >= 15 is 0 Å². The predicted octanol–water partition coefficient (Wildman–Crippen LogP) is 5.47. The summed E-state index contributed by atoms with van der Waals surface area (Å²) in [6.07, 6.45) is 0.936. The van der Waals surface area contributed by atoms with Crippen molar-refractivity contribution in [3.8, 4) is 11.5 Å². The van der Waals surface area contributed by atoms with Crippen molar-refractivity contribution in [1.82, 2.24) is 25.1 Å². The van der Waals surface area contributed by atoms with Gasteiger partial charge in [0.15, 0.2) is 11.6 Å². The van der Waals surface area contributed by atoms with Gasteiger partial charge in [-0.2, -0.15) is 13.2 Å². The second kappa shape index (κ2) is 9.93. The monoisotopic (exact) mass is 446 g/mol. The van der Waals surface area contributed by atoms with Crippen LogP contribution in [0, 0.1) is 5.41 Å². The molecule has 0 aliphatic heterocycles. The van der Waals surface area contributed by atoms with Crippen LogP contribution in [0.5, 0.6) is 0 Å². The SMILES string of the molecule is C=C(C)/C=C(\C=N/Cc1nnc(-c2cc(C(F)(F)F)ccn2)n1C)NC(=C)CC(C)(C)C. The number of hydrogen-bond acceptors (Lipinski definition) is 5. The molecule has 0 atom stereocenters. The maximum atomic E-state index is 13.0. The first kappa shape index (κ1) is 25.0. The molecule has 0 radical (unpaired) electrons. The smallest absolute Gasteiger partial charge is 0.358 e. The number of alkyl halides is 3. The highest BCUT2D eigenvalue weighted by molar-refractivity contribution is 5.79. The van der Waals surface area contributed by atoms with Crippen LogP contribution in [0.1, 0.15) is 45.5 Å². The summed E-state index contributed by atoms with van der Waals surface area (Å²) in [7, 11) is 1.66. The Hall–Kier alpha value is -3.23. The number of aromatic nitrogens is 4. The molecule has 0 bridgehead atoms. The summed E-state index contributed by atoms with van der Waals surface area (Å²) in [5, 5.41) is 11.3. The normalized spacial score (nSPS) is 12.9. The van der Waals surface area contributed by atoms with Gasteiger partial charge >= 0.3 is 6.18 Å². The van der Waals surface area contributed by atoms with E-state index in [9.17, 15) is 13.2 Å². The molecule has 9 heteroatoms. The summed E-state index contributed by atoms with van der Waals surface area (Å²) in [5.74, 6) is 0.717. The largest absolute Gasteiger partial charge is 0.416 e. The van der Waals surface area contributed by atoms with Crippen molar-refractivity contribution in [2.45, 2.75) is 46.8 Å². The van der Waals surface area contributed by atoms with Crippen molar-refractivity contribution in [2.75, 3.05) is 0 Å². The molecule has 172 valence electrons. The van der Waals surface area contributed by atoms with Gasteiger partial charge in [-0.3, -0.25) is 9.98 Å². The first-order valence-corrected chi connectivity index (χ1v) is 10.00. The van der Waals surface area contributed by atoms with Crippen molar-refractivity contribution in [2.24, 2.45) is 17.5 Å². The van der Waals surface area contributed by atoms with Gasteiger partial charge in [0.05, 0.1) is 17.8 Å². The summed E-state index contributed by atoms with van der Waals surface area (Å²) < 4.78 is 40.5. The van der Waals surface area contributed by atoms with Crippen molar-refractivity contribution >= 4 is 6.21 Å². The zero-order valence-electron chi connectivity index (χ0n) is 19.1. The topological polar surface area (TPSA) is 68.0 Å². The third-order valence-corrected chi connectivity index (χ3v) is 4.21. The van der Waals surface area contributed by atoms with Crippen LogP contribution in [-0.2, 0) is 19.8 Å². The molecule has 2 rings (SSSR count). The quantitative estimate of drug-likeness (QED) is 0.432. The number of nitrogens with zero attached hydrogens (tertiary/aromatic N) is 5. The Morgan fingerprint density at radius 1 is 1.22 bits per heavy atom. The molecule has 0 saturated carbocycles. The molecule has 0 aromatic carbocycles. The van der Waals surface area contributed by atoms with Gasteiger partial charge < -0.3 is 9.88 Å². The molecule has 2 aromatic rings. The van der Waals surface area contributed by atoms with Crippen LogP contribution >= 0.6 is 0 Å². The molecule has 0 unspecified atom stereocenters. The van der Waals surface area contributed by atoms with Crippen LogP contribution in [0.15, 0.2) is 59.5 Å². The maximum absolute atomic E-state index is 13.0. The van der Waals surface area contributed by atoms with E-state index in [4.69, 9.17) is 0 Å². The minimum absolute atomic E-state index is 0.0854. The fourth-order valence-electron chi connectivity index (χ4n) is 2.94. The van der Waals surface area contributed by atoms with Gasteiger partial charge in [-0.05, 0) is 37.0 Å². The number of hydrogen-bond donors (Lipinski definition) is 1. The Morgan fingerprint density at radius 2 is 1.91 bits per heavy atom. The van der Waals surface area contributed by atoms with E-state index in [0.717, 1.165) is 41.7 Å². The molecule has 0 saturated heterocycles. The van der Waals surface area contributed by atoms with Gasteiger partial charge in [0, 0.05) is 25.2 Å². The van der Waals surface area contributed by atoms with Crippen molar-refractivity contribution in [3.63, 3.8) is 0 Å². The Morgan fingerprint density at radius 3 is 2.50 bits per heavy atom. The van der Waals surface area contributed by atoms with Crippen LogP contribution < -0.4 is 5.32 Å². The lowest BCUT2D eigenvalue weighted by atomic mass is 9.91. The molecular weight excluding hydrogens is 417 g/mol. The van der Waals surface area contributed by atoms with E-state index in [0.29, 0.717) is 5.82 Å². The fourth-order valence-corrected chi connectivity index (χ4v) is 2.94. The van der Waals surface area contributed by atoms with Crippen LogP contribution in [0.2, 0.25) is 0 Å². The molecule has 0 fully saturated rings. The molecule has 32 heavy (non-hydrogen) atoms. The molecule has 6 nitrogen and oxygen atoms in total. The Labute approximate surface area is 186 Å². The van der Waals surface area contributed by atoms with Crippen molar-refractivity contribution in [1.29, 1.82) is 0 Å². The van der Waals surface area contributed by atoms with E-state index in [1.165, 1.54) is 0 Å². The minimum Gasteiger partial charge on any atom is -0.358 e. The van der Waals surface area contributed by atoms with E-state index in [1.54, 1.807) is 17.8 Å². The fraction of sp³-hybridized carbons (Fsp3) is 0.391. The van der Waals surface area contributed by atoms with Crippen LogP contribution in [-0.4, -0.2) is 26.0 Å². The second-order valence-electron chi connectivity index (χ2n) is 8.81. The summed E-state index contributed by atoms with van der Waals surface area (Å²) in [6.45, 7) is 16.4. The molecule has 2 heterocycles. The third kappa shape index (κ3) is 7.47. The molecule has 1 N–H and O–H groups in total. The third-order valence-electron chi connectivity index (χ3n) is 4.21. The predicted molar refractivity (Wildman–Crippen MR) is 121 cm³/mol. The number of halogens is 3. The zero-order valence-corrected chi connectivity index (χ0v) is 19.1. The minimum atomic E-state index is -4.46. The van der Waals surface area contributed by atoms with Gasteiger partial charge in [0.25, 0.3) is 0 Å². The number of aliphatic imine (C=N–C) groups is 1. The van der Waals surface area contributed by atoms with E-state index in [2.05, 4.69) is 59.4 Å². The second-order valence-corrected chi connectivity index (χ2v) is 8.81. The Balaban J connectivity index is 2.17. The molecule has 0 amide bonds. The molecular formula is C23H29F3N6. The van der Waals surface area contributed by atoms with Crippen molar-refractivity contribution < 1.29 is 13.2 Å². The number of rotatable bonds is 8. The van der Waals surface area contributed by atoms with Gasteiger partial charge in [-0.15, -0.1) is 10.2 Å². The van der Waals surface area contributed by atoms with E-state index in [-0.39, 0.29) is 23.5 Å². The number of allylic oxidation sites excluding steroid dienone is 4. The maximum Gasteiger partial charge on any atom is 0.416 e. The summed E-state index contributed by atoms with van der Waals surface area (Å²) in [5.41, 5.74) is 1.82. The Kier molecular flexibility index (Phi) is 7.77. The average molecular weight is 447 g/mol. The standard InChI is InChI=1S/C23H29F3N6/c1-15(2)10-18(29-16(3)12-22(4,5)6)13-27-14-20-30-31-21(32(20)7)19-11-17(8-9-28-19)23(24,25)26/h8-11,13,29H,1,3,12,14H2,2,4-7H3/b18-10+,27-13-. The highest BCUT2D eigenvalue weighted by Crippen LogP contribution is 2.30. The molecule has 2 aromatic heterocycles. The zero-order chi connectivity index (χ0) is 24.1. The van der Waals surface area contributed by atoms with E-state index in [1.807, 2.05) is 13.0 Å².